The zero-order valence-corrected chi connectivity index (χ0v) is 10.7. The average Bonchev–Trinajstić information content (AvgIpc) is 2.68. The number of aromatic nitrogens is 2. The summed E-state index contributed by atoms with van der Waals surface area (Å²) in [5, 5.41) is 10.3. The number of hydrogen-bond donors (Lipinski definition) is 2. The van der Waals surface area contributed by atoms with Crippen LogP contribution in [0.5, 0.6) is 5.75 Å². The summed E-state index contributed by atoms with van der Waals surface area (Å²) in [6.07, 6.45) is 0. The predicted octanol–water partition coefficient (Wildman–Crippen LogP) is 2.74. The fourth-order valence-electron chi connectivity index (χ4n) is 2.11. The zero-order valence-electron chi connectivity index (χ0n) is 9.93. The summed E-state index contributed by atoms with van der Waals surface area (Å²) in [5.41, 5.74) is 1.92. The van der Waals surface area contributed by atoms with Crippen LogP contribution in [0.1, 0.15) is 5.56 Å². The Hall–Kier alpha value is -2.20. The molecule has 5 heteroatoms. The summed E-state index contributed by atoms with van der Waals surface area (Å²) < 4.78 is 1.57. The Bertz CT molecular complexity index is 805. The largest absolute Gasteiger partial charge is 0.508 e. The van der Waals surface area contributed by atoms with Crippen molar-refractivity contribution in [3.63, 3.8) is 0 Å². The Morgan fingerprint density at radius 3 is 2.79 bits per heavy atom. The molecule has 0 spiro atoms. The maximum Gasteiger partial charge on any atom is 0.326 e. The van der Waals surface area contributed by atoms with E-state index in [4.69, 9.17) is 11.6 Å². The molecule has 19 heavy (non-hydrogen) atoms. The van der Waals surface area contributed by atoms with Crippen molar-refractivity contribution in [1.29, 1.82) is 0 Å². The third-order valence-corrected chi connectivity index (χ3v) is 3.29. The van der Waals surface area contributed by atoms with Gasteiger partial charge in [-0.25, -0.2) is 4.79 Å². The first-order chi connectivity index (χ1) is 9.15. The minimum absolute atomic E-state index is 0.178. The number of fused-ring (bicyclic) bond motifs is 1. The van der Waals surface area contributed by atoms with Crippen LogP contribution in [-0.4, -0.2) is 14.7 Å². The molecule has 1 heterocycles. The van der Waals surface area contributed by atoms with Crippen LogP contribution in [-0.2, 0) is 6.54 Å². The summed E-state index contributed by atoms with van der Waals surface area (Å²) in [6, 6.07) is 12.2. The quantitative estimate of drug-likeness (QED) is 0.755. The second kappa shape index (κ2) is 4.48. The number of phenolic OH excluding ortho intramolecular Hbond substituents is 1. The number of halogens is 1. The van der Waals surface area contributed by atoms with Crippen LogP contribution in [0.25, 0.3) is 11.0 Å². The Balaban J connectivity index is 2.13. The van der Waals surface area contributed by atoms with Gasteiger partial charge < -0.3 is 10.1 Å². The topological polar surface area (TPSA) is 58.0 Å². The second-order valence-electron chi connectivity index (χ2n) is 4.31. The van der Waals surface area contributed by atoms with Gasteiger partial charge in [-0.15, -0.1) is 0 Å². The molecule has 96 valence electrons. The molecule has 4 nitrogen and oxygen atoms in total. The van der Waals surface area contributed by atoms with Crippen molar-refractivity contribution in [3.05, 3.63) is 63.5 Å². The smallest absolute Gasteiger partial charge is 0.326 e. The van der Waals surface area contributed by atoms with Gasteiger partial charge >= 0.3 is 5.69 Å². The third-order valence-electron chi connectivity index (χ3n) is 3.06. The van der Waals surface area contributed by atoms with Crippen molar-refractivity contribution in [1.82, 2.24) is 9.55 Å². The van der Waals surface area contributed by atoms with Gasteiger partial charge in [-0.1, -0.05) is 29.8 Å². The maximum absolute atomic E-state index is 11.9. The van der Waals surface area contributed by atoms with E-state index in [2.05, 4.69) is 4.98 Å². The molecule has 3 aromatic rings. The van der Waals surface area contributed by atoms with E-state index in [1.54, 1.807) is 41.0 Å². The summed E-state index contributed by atoms with van der Waals surface area (Å²) in [4.78, 5) is 14.7. The molecule has 0 atom stereocenters. The van der Waals surface area contributed by atoms with E-state index < -0.39 is 0 Å². The first-order valence-electron chi connectivity index (χ1n) is 5.80. The van der Waals surface area contributed by atoms with Crippen molar-refractivity contribution < 1.29 is 5.11 Å². The van der Waals surface area contributed by atoms with Crippen molar-refractivity contribution in [2.24, 2.45) is 0 Å². The number of para-hydroxylation sites is 1. The van der Waals surface area contributed by atoms with Gasteiger partial charge in [-0.05, 0) is 24.3 Å². The van der Waals surface area contributed by atoms with Gasteiger partial charge in [0.15, 0.2) is 0 Å². The van der Waals surface area contributed by atoms with E-state index in [0.29, 0.717) is 22.6 Å². The molecule has 0 amide bonds. The van der Waals surface area contributed by atoms with Crippen LogP contribution in [0.3, 0.4) is 0 Å². The molecule has 0 unspecified atom stereocenters. The zero-order chi connectivity index (χ0) is 13.4. The summed E-state index contributed by atoms with van der Waals surface area (Å²) in [6.45, 7) is 0.313. The summed E-state index contributed by atoms with van der Waals surface area (Å²) in [7, 11) is 0. The van der Waals surface area contributed by atoms with Crippen LogP contribution < -0.4 is 5.69 Å². The first kappa shape index (κ1) is 11.9. The maximum atomic E-state index is 11.9. The van der Waals surface area contributed by atoms with Gasteiger partial charge in [0.25, 0.3) is 0 Å². The molecule has 0 radical (unpaired) electrons. The molecule has 0 aliphatic heterocycles. The molecule has 0 saturated carbocycles. The van der Waals surface area contributed by atoms with Gasteiger partial charge in [0.05, 0.1) is 17.6 Å². The van der Waals surface area contributed by atoms with Crippen LogP contribution >= 0.6 is 11.6 Å². The fraction of sp³-hybridized carbons (Fsp3) is 0.0714. The van der Waals surface area contributed by atoms with Gasteiger partial charge in [0.2, 0.25) is 0 Å². The monoisotopic (exact) mass is 274 g/mol. The average molecular weight is 275 g/mol. The Labute approximate surface area is 113 Å². The predicted molar refractivity (Wildman–Crippen MR) is 74.8 cm³/mol. The van der Waals surface area contributed by atoms with Crippen LogP contribution in [0, 0.1) is 0 Å². The van der Waals surface area contributed by atoms with Gasteiger partial charge in [-0.2, -0.15) is 0 Å². The molecule has 1 aromatic heterocycles. The standard InChI is InChI=1S/C14H11ClN2O2/c15-10-5-6-12-11(7-10)16-14(19)17(12)8-9-3-1-2-4-13(9)18/h1-7,18H,8H2,(H,16,19). The number of nitrogens with zero attached hydrogens (tertiary/aromatic N) is 1. The van der Waals surface area contributed by atoms with Crippen molar-refractivity contribution in [2.75, 3.05) is 0 Å². The number of nitrogens with one attached hydrogen (secondary N) is 1. The minimum Gasteiger partial charge on any atom is -0.508 e. The Morgan fingerprint density at radius 2 is 2.00 bits per heavy atom. The molecule has 0 aliphatic rings. The SMILES string of the molecule is O=c1[nH]c2cc(Cl)ccc2n1Cc1ccccc1O. The third kappa shape index (κ3) is 2.11. The number of H-pyrrole nitrogens is 1. The molecular weight excluding hydrogens is 264 g/mol. The summed E-state index contributed by atoms with van der Waals surface area (Å²) in [5.74, 6) is 0.178. The van der Waals surface area contributed by atoms with Crippen LogP contribution in [0.4, 0.5) is 0 Å². The number of benzene rings is 2. The normalized spacial score (nSPS) is 11.0. The highest BCUT2D eigenvalue weighted by molar-refractivity contribution is 6.31. The fourth-order valence-corrected chi connectivity index (χ4v) is 2.28. The second-order valence-corrected chi connectivity index (χ2v) is 4.74. The Kier molecular flexibility index (Phi) is 2.80. The number of hydrogen-bond acceptors (Lipinski definition) is 2. The van der Waals surface area contributed by atoms with E-state index in [-0.39, 0.29) is 11.4 Å². The number of phenols is 1. The highest BCUT2D eigenvalue weighted by atomic mass is 35.5. The number of imidazole rings is 1. The highest BCUT2D eigenvalue weighted by Crippen LogP contribution is 2.20. The van der Waals surface area contributed by atoms with Crippen LogP contribution in [0.2, 0.25) is 5.02 Å². The van der Waals surface area contributed by atoms with E-state index in [1.165, 1.54) is 0 Å². The van der Waals surface area contributed by atoms with E-state index in [0.717, 1.165) is 5.52 Å². The molecule has 2 aromatic carbocycles. The number of rotatable bonds is 2. The van der Waals surface area contributed by atoms with Gasteiger partial charge in [-0.3, -0.25) is 4.57 Å². The molecule has 0 saturated heterocycles. The Morgan fingerprint density at radius 1 is 1.21 bits per heavy atom. The lowest BCUT2D eigenvalue weighted by Gasteiger charge is -2.05. The number of aromatic amines is 1. The lowest BCUT2D eigenvalue weighted by atomic mass is 10.2. The highest BCUT2D eigenvalue weighted by Gasteiger charge is 2.09. The van der Waals surface area contributed by atoms with E-state index in [9.17, 15) is 9.90 Å². The molecular formula is C14H11ClN2O2. The van der Waals surface area contributed by atoms with E-state index in [1.807, 2.05) is 6.07 Å². The molecule has 0 fully saturated rings. The number of aromatic hydroxyl groups is 1. The van der Waals surface area contributed by atoms with Gasteiger partial charge in [0, 0.05) is 10.6 Å². The lowest BCUT2D eigenvalue weighted by Crippen LogP contribution is -2.17. The minimum atomic E-state index is -0.222. The lowest BCUT2D eigenvalue weighted by molar-refractivity contribution is 0.466. The molecule has 0 bridgehead atoms. The van der Waals surface area contributed by atoms with Crippen LogP contribution in [0.15, 0.2) is 47.3 Å². The summed E-state index contributed by atoms with van der Waals surface area (Å²) >= 11 is 5.89. The van der Waals surface area contributed by atoms with Crippen molar-refractivity contribution in [2.45, 2.75) is 6.54 Å². The van der Waals surface area contributed by atoms with Gasteiger partial charge in [0.1, 0.15) is 5.75 Å². The molecule has 0 aliphatic carbocycles. The van der Waals surface area contributed by atoms with E-state index >= 15 is 0 Å². The molecule has 3 rings (SSSR count). The van der Waals surface area contributed by atoms with Crippen molar-refractivity contribution >= 4 is 22.6 Å². The first-order valence-corrected chi connectivity index (χ1v) is 6.18. The van der Waals surface area contributed by atoms with Crippen molar-refractivity contribution in [3.8, 4) is 5.75 Å². The molecule has 2 N–H and O–H groups in total.